The molecule has 0 heterocycles. The Morgan fingerprint density at radius 1 is 1.78 bits per heavy atom. The minimum Gasteiger partial charge on any atom is -0.389 e. The van der Waals surface area contributed by atoms with Gasteiger partial charge >= 0.3 is 0 Å². The first-order valence-electron chi connectivity index (χ1n) is 3.32. The summed E-state index contributed by atoms with van der Waals surface area (Å²) in [6.07, 6.45) is 7.86. The first-order valence-corrected chi connectivity index (χ1v) is 3.32. The lowest BCUT2D eigenvalue weighted by molar-refractivity contribution is 0.0421. The van der Waals surface area contributed by atoms with Gasteiger partial charge in [-0.15, -0.1) is 12.3 Å². The molecule has 0 unspecified atom stereocenters. The average Bonchev–Trinajstić information content (AvgIpc) is 2.41. The first kappa shape index (κ1) is 6.64. The van der Waals surface area contributed by atoms with Gasteiger partial charge in [-0.25, -0.2) is 0 Å². The summed E-state index contributed by atoms with van der Waals surface area (Å²) in [4.78, 5) is 0. The van der Waals surface area contributed by atoms with Gasteiger partial charge in [0.15, 0.2) is 0 Å². The molecule has 0 amide bonds. The van der Waals surface area contributed by atoms with Crippen LogP contribution in [-0.2, 0) is 0 Å². The summed E-state index contributed by atoms with van der Waals surface area (Å²) in [6.45, 7) is 1.82. The normalized spacial score (nSPS) is 24.6. The van der Waals surface area contributed by atoms with E-state index in [0.29, 0.717) is 12.3 Å². The smallest absolute Gasteiger partial charge is 0.0756 e. The van der Waals surface area contributed by atoms with E-state index in [2.05, 4.69) is 5.92 Å². The van der Waals surface area contributed by atoms with Crippen molar-refractivity contribution in [2.24, 2.45) is 5.92 Å². The molecule has 0 bridgehead atoms. The van der Waals surface area contributed by atoms with Gasteiger partial charge in [0.1, 0.15) is 0 Å². The van der Waals surface area contributed by atoms with Crippen molar-refractivity contribution in [3.63, 3.8) is 0 Å². The molecule has 1 saturated carbocycles. The molecule has 9 heavy (non-hydrogen) atoms. The van der Waals surface area contributed by atoms with Crippen LogP contribution in [0.5, 0.6) is 0 Å². The fraction of sp³-hybridized carbons (Fsp3) is 0.750. The lowest BCUT2D eigenvalue weighted by atomic mass is 9.97. The Kier molecular flexibility index (Phi) is 1.50. The van der Waals surface area contributed by atoms with Crippen molar-refractivity contribution in [2.75, 3.05) is 0 Å². The van der Waals surface area contributed by atoms with E-state index >= 15 is 0 Å². The molecule has 0 aromatic carbocycles. The summed E-state index contributed by atoms with van der Waals surface area (Å²) in [5.74, 6) is 2.96. The van der Waals surface area contributed by atoms with Gasteiger partial charge < -0.3 is 5.11 Å². The maximum absolute atomic E-state index is 9.51. The number of terminal acetylenes is 1. The number of rotatable bonds is 2. The molecule has 0 aliphatic heterocycles. The minimum absolute atomic E-state index is 0.480. The Morgan fingerprint density at radius 3 is 2.67 bits per heavy atom. The van der Waals surface area contributed by atoms with Crippen molar-refractivity contribution < 1.29 is 5.11 Å². The number of hydrogen-bond donors (Lipinski definition) is 1. The van der Waals surface area contributed by atoms with E-state index < -0.39 is 5.60 Å². The molecule has 0 aromatic rings. The summed E-state index contributed by atoms with van der Waals surface area (Å²) in [5, 5.41) is 9.51. The molecule has 1 heteroatoms. The fourth-order valence-corrected chi connectivity index (χ4v) is 1.06. The van der Waals surface area contributed by atoms with Crippen LogP contribution in [0.1, 0.15) is 26.2 Å². The van der Waals surface area contributed by atoms with E-state index in [9.17, 15) is 5.11 Å². The van der Waals surface area contributed by atoms with Crippen LogP contribution in [0.4, 0.5) is 0 Å². The summed E-state index contributed by atoms with van der Waals surface area (Å²) >= 11 is 0. The van der Waals surface area contributed by atoms with Crippen molar-refractivity contribution in [1.82, 2.24) is 0 Å². The van der Waals surface area contributed by atoms with Crippen LogP contribution in [0.3, 0.4) is 0 Å². The highest BCUT2D eigenvalue weighted by Crippen LogP contribution is 2.40. The van der Waals surface area contributed by atoms with E-state index in [-0.39, 0.29) is 0 Å². The van der Waals surface area contributed by atoms with Crippen molar-refractivity contribution in [1.29, 1.82) is 0 Å². The standard InChI is InChI=1S/C8H12O/c1-3-6-8(2,9)7-4-5-7/h1,7,9H,4-6H2,2H3/t8-/m0/s1. The number of aliphatic hydroxyl groups is 1. The molecular weight excluding hydrogens is 112 g/mol. The zero-order valence-corrected chi connectivity index (χ0v) is 5.72. The molecule has 1 rings (SSSR count). The maximum atomic E-state index is 9.51. The van der Waals surface area contributed by atoms with Gasteiger partial charge in [-0.1, -0.05) is 0 Å². The average molecular weight is 124 g/mol. The summed E-state index contributed by atoms with van der Waals surface area (Å²) in [5.41, 5.74) is -0.575. The molecule has 1 aliphatic carbocycles. The van der Waals surface area contributed by atoms with Crippen LogP contribution < -0.4 is 0 Å². The maximum Gasteiger partial charge on any atom is 0.0756 e. The topological polar surface area (TPSA) is 20.2 Å². The second-order valence-corrected chi connectivity index (χ2v) is 3.01. The predicted octanol–water partition coefficient (Wildman–Crippen LogP) is 1.17. The second-order valence-electron chi connectivity index (χ2n) is 3.01. The van der Waals surface area contributed by atoms with Crippen molar-refractivity contribution >= 4 is 0 Å². The minimum atomic E-state index is -0.575. The van der Waals surface area contributed by atoms with Gasteiger partial charge in [0.2, 0.25) is 0 Å². The van der Waals surface area contributed by atoms with Gasteiger partial charge in [-0.2, -0.15) is 0 Å². The van der Waals surface area contributed by atoms with E-state index in [1.165, 1.54) is 0 Å². The predicted molar refractivity (Wildman–Crippen MR) is 36.8 cm³/mol. The third-order valence-corrected chi connectivity index (χ3v) is 1.92. The number of hydrogen-bond acceptors (Lipinski definition) is 1. The largest absolute Gasteiger partial charge is 0.389 e. The van der Waals surface area contributed by atoms with Gasteiger partial charge in [-0.3, -0.25) is 0 Å². The summed E-state index contributed by atoms with van der Waals surface area (Å²) in [7, 11) is 0. The Balaban J connectivity index is 2.41. The highest BCUT2D eigenvalue weighted by molar-refractivity contribution is 5.00. The highest BCUT2D eigenvalue weighted by Gasteiger charge is 2.38. The van der Waals surface area contributed by atoms with Crippen molar-refractivity contribution in [2.45, 2.75) is 31.8 Å². The zero-order valence-electron chi connectivity index (χ0n) is 5.72. The summed E-state index contributed by atoms with van der Waals surface area (Å²) < 4.78 is 0. The van der Waals surface area contributed by atoms with E-state index in [1.54, 1.807) is 0 Å². The monoisotopic (exact) mass is 124 g/mol. The molecule has 0 aromatic heterocycles. The van der Waals surface area contributed by atoms with E-state index in [4.69, 9.17) is 6.42 Å². The Bertz CT molecular complexity index is 137. The van der Waals surface area contributed by atoms with Crippen LogP contribution in [0.2, 0.25) is 0 Å². The van der Waals surface area contributed by atoms with Crippen LogP contribution in [0.25, 0.3) is 0 Å². The van der Waals surface area contributed by atoms with Crippen LogP contribution >= 0.6 is 0 Å². The molecular formula is C8H12O. The van der Waals surface area contributed by atoms with Gasteiger partial charge in [0, 0.05) is 6.42 Å². The lowest BCUT2D eigenvalue weighted by Crippen LogP contribution is -2.25. The van der Waals surface area contributed by atoms with Gasteiger partial charge in [-0.05, 0) is 25.7 Å². The Hall–Kier alpha value is -0.480. The molecule has 1 atom stereocenters. The molecule has 0 spiro atoms. The summed E-state index contributed by atoms with van der Waals surface area (Å²) in [6, 6.07) is 0. The Labute approximate surface area is 56.1 Å². The molecule has 1 nitrogen and oxygen atoms in total. The molecule has 50 valence electrons. The fourth-order valence-electron chi connectivity index (χ4n) is 1.06. The van der Waals surface area contributed by atoms with Gasteiger partial charge in [0.05, 0.1) is 5.60 Å². The van der Waals surface area contributed by atoms with Crippen molar-refractivity contribution in [3.8, 4) is 12.3 Å². The third kappa shape index (κ3) is 1.46. The highest BCUT2D eigenvalue weighted by atomic mass is 16.3. The molecule has 1 fully saturated rings. The van der Waals surface area contributed by atoms with Crippen LogP contribution in [-0.4, -0.2) is 10.7 Å². The van der Waals surface area contributed by atoms with Crippen LogP contribution in [0.15, 0.2) is 0 Å². The Morgan fingerprint density at radius 2 is 2.33 bits per heavy atom. The molecule has 1 aliphatic rings. The second kappa shape index (κ2) is 2.04. The quantitative estimate of drug-likeness (QED) is 0.548. The van der Waals surface area contributed by atoms with Gasteiger partial charge in [0.25, 0.3) is 0 Å². The molecule has 0 saturated heterocycles. The third-order valence-electron chi connectivity index (χ3n) is 1.92. The molecule has 1 N–H and O–H groups in total. The van der Waals surface area contributed by atoms with E-state index in [1.807, 2.05) is 6.92 Å². The van der Waals surface area contributed by atoms with Crippen LogP contribution in [0, 0.1) is 18.3 Å². The van der Waals surface area contributed by atoms with E-state index in [0.717, 1.165) is 12.8 Å². The SMILES string of the molecule is C#CC[C@](C)(O)C1CC1. The van der Waals surface area contributed by atoms with Crippen molar-refractivity contribution in [3.05, 3.63) is 0 Å². The molecule has 0 radical (unpaired) electrons. The first-order chi connectivity index (χ1) is 4.17. The zero-order chi connectivity index (χ0) is 6.91. The lowest BCUT2D eigenvalue weighted by Gasteiger charge is -2.18.